The Morgan fingerprint density at radius 2 is 2.17 bits per heavy atom. The molecule has 3 aromatic rings. The summed E-state index contributed by atoms with van der Waals surface area (Å²) in [4.78, 5) is 14.8. The molecule has 2 atom stereocenters. The maximum absolute atomic E-state index is 14.0. The molecule has 0 radical (unpaired) electrons. The summed E-state index contributed by atoms with van der Waals surface area (Å²) in [7, 11) is 0. The van der Waals surface area contributed by atoms with Gasteiger partial charge in [0, 0.05) is 34.3 Å². The van der Waals surface area contributed by atoms with Crippen molar-refractivity contribution in [3.8, 4) is 5.75 Å². The third-order valence-electron chi connectivity index (χ3n) is 5.57. The highest BCUT2D eigenvalue weighted by atomic mass is 19.1. The van der Waals surface area contributed by atoms with Crippen molar-refractivity contribution in [2.45, 2.75) is 31.7 Å². The number of nitrogens with one attached hydrogen (secondary N) is 2. The molecular formula is C22H23F2N3O2. The Balaban J connectivity index is 1.40. The number of hydrogen-bond donors (Lipinski definition) is 3. The molecule has 4 N–H and O–H groups in total. The first kappa shape index (κ1) is 19.4. The van der Waals surface area contributed by atoms with E-state index in [1.807, 2.05) is 6.20 Å². The molecule has 4 rings (SSSR count). The van der Waals surface area contributed by atoms with E-state index in [4.69, 9.17) is 10.5 Å². The highest BCUT2D eigenvalue weighted by molar-refractivity contribution is 5.95. The number of aromatic amines is 1. The smallest absolute Gasteiger partial charge is 0.249 e. The first-order chi connectivity index (χ1) is 13.9. The van der Waals surface area contributed by atoms with Gasteiger partial charge in [0.2, 0.25) is 5.91 Å². The van der Waals surface area contributed by atoms with Gasteiger partial charge in [0.15, 0.2) is 11.6 Å². The number of ether oxygens (including phenoxy) is 1. The number of amides is 1. The third-order valence-corrected chi connectivity index (χ3v) is 5.57. The number of carbonyl (C=O) groups is 1. The maximum Gasteiger partial charge on any atom is 0.249 e. The maximum atomic E-state index is 14.0. The average molecular weight is 399 g/mol. The SMILES string of the molecule is C[C@@H](CCNC1COc2c(F)ccc(C(N)=O)c2C1)c1c[nH]c2ccc(F)cc12. The Bertz CT molecular complexity index is 1060. The zero-order chi connectivity index (χ0) is 20.5. The van der Waals surface area contributed by atoms with E-state index in [9.17, 15) is 13.6 Å². The highest BCUT2D eigenvalue weighted by Gasteiger charge is 2.26. The van der Waals surface area contributed by atoms with Crippen molar-refractivity contribution in [1.29, 1.82) is 0 Å². The normalized spacial score (nSPS) is 17.0. The van der Waals surface area contributed by atoms with Gasteiger partial charge in [0.05, 0.1) is 0 Å². The van der Waals surface area contributed by atoms with Crippen LogP contribution in [0.3, 0.4) is 0 Å². The third kappa shape index (κ3) is 3.82. The van der Waals surface area contributed by atoms with Crippen LogP contribution in [0.4, 0.5) is 8.78 Å². The van der Waals surface area contributed by atoms with Crippen LogP contribution in [0.25, 0.3) is 10.9 Å². The average Bonchev–Trinajstić information content (AvgIpc) is 3.11. The molecule has 2 aromatic carbocycles. The molecule has 1 amide bonds. The minimum absolute atomic E-state index is 0.0463. The first-order valence-corrected chi connectivity index (χ1v) is 9.68. The number of halogens is 2. The fraction of sp³-hybridized carbons (Fsp3) is 0.318. The second-order valence-electron chi connectivity index (χ2n) is 7.56. The molecule has 0 aliphatic carbocycles. The van der Waals surface area contributed by atoms with Crippen LogP contribution in [-0.4, -0.2) is 30.1 Å². The Morgan fingerprint density at radius 3 is 2.97 bits per heavy atom. The quantitative estimate of drug-likeness (QED) is 0.592. The molecule has 1 aromatic heterocycles. The van der Waals surface area contributed by atoms with E-state index < -0.39 is 11.7 Å². The van der Waals surface area contributed by atoms with Crippen LogP contribution >= 0.6 is 0 Å². The van der Waals surface area contributed by atoms with E-state index in [1.165, 1.54) is 18.2 Å². The van der Waals surface area contributed by atoms with Crippen molar-refractivity contribution in [2.75, 3.05) is 13.2 Å². The number of primary amides is 1. The van der Waals surface area contributed by atoms with Gasteiger partial charge in [-0.2, -0.15) is 0 Å². The van der Waals surface area contributed by atoms with Crippen molar-refractivity contribution < 1.29 is 18.3 Å². The predicted octanol–water partition coefficient (Wildman–Crippen LogP) is 3.63. The van der Waals surface area contributed by atoms with Crippen molar-refractivity contribution in [3.05, 3.63) is 64.9 Å². The van der Waals surface area contributed by atoms with Gasteiger partial charge in [0.1, 0.15) is 12.4 Å². The highest BCUT2D eigenvalue weighted by Crippen LogP contribution is 2.31. The molecule has 0 spiro atoms. The van der Waals surface area contributed by atoms with Crippen LogP contribution < -0.4 is 15.8 Å². The van der Waals surface area contributed by atoms with E-state index in [2.05, 4.69) is 17.2 Å². The summed E-state index contributed by atoms with van der Waals surface area (Å²) in [6.07, 6.45) is 3.23. The van der Waals surface area contributed by atoms with E-state index in [-0.39, 0.29) is 23.5 Å². The number of nitrogens with two attached hydrogens (primary N) is 1. The van der Waals surface area contributed by atoms with Gasteiger partial charge in [-0.25, -0.2) is 8.78 Å². The number of fused-ring (bicyclic) bond motifs is 2. The standard InChI is InChI=1S/C22H23F2N3O2/c1-12(18-10-27-20-5-2-13(23)8-16(18)20)6-7-26-14-9-17-15(22(25)28)3-4-19(24)21(17)29-11-14/h2-5,8,10,12,14,26-27H,6-7,9,11H2,1H3,(H2,25,28)/t12-,14?/m0/s1. The second kappa shape index (κ2) is 7.83. The zero-order valence-electron chi connectivity index (χ0n) is 16.1. The molecular weight excluding hydrogens is 376 g/mol. The van der Waals surface area contributed by atoms with Crippen LogP contribution in [0.1, 0.15) is 40.7 Å². The van der Waals surface area contributed by atoms with Crippen molar-refractivity contribution in [1.82, 2.24) is 10.3 Å². The monoisotopic (exact) mass is 399 g/mol. The summed E-state index contributed by atoms with van der Waals surface area (Å²) in [6, 6.07) is 7.30. The first-order valence-electron chi connectivity index (χ1n) is 9.68. The Kier molecular flexibility index (Phi) is 5.24. The van der Waals surface area contributed by atoms with Gasteiger partial charge in [-0.3, -0.25) is 4.79 Å². The fourth-order valence-electron chi connectivity index (χ4n) is 3.99. The molecule has 0 bridgehead atoms. The number of benzene rings is 2. The molecule has 0 saturated heterocycles. The molecule has 1 unspecified atom stereocenters. The molecule has 1 aliphatic rings. The van der Waals surface area contributed by atoms with Crippen LogP contribution in [0.2, 0.25) is 0 Å². The summed E-state index contributed by atoms with van der Waals surface area (Å²) in [5, 5.41) is 4.31. The lowest BCUT2D eigenvalue weighted by molar-refractivity contribution is 0.0997. The summed E-state index contributed by atoms with van der Waals surface area (Å²) < 4.78 is 33.1. The van der Waals surface area contributed by atoms with E-state index in [0.717, 1.165) is 22.9 Å². The summed E-state index contributed by atoms with van der Waals surface area (Å²) in [6.45, 7) is 3.12. The van der Waals surface area contributed by atoms with E-state index >= 15 is 0 Å². The van der Waals surface area contributed by atoms with Crippen LogP contribution in [0.5, 0.6) is 5.75 Å². The molecule has 29 heavy (non-hydrogen) atoms. The van der Waals surface area contributed by atoms with Crippen molar-refractivity contribution in [2.24, 2.45) is 5.73 Å². The Hall–Kier alpha value is -2.93. The lowest BCUT2D eigenvalue weighted by Gasteiger charge is -2.28. The van der Waals surface area contributed by atoms with Crippen molar-refractivity contribution in [3.63, 3.8) is 0 Å². The molecule has 1 aliphatic heterocycles. The van der Waals surface area contributed by atoms with Gasteiger partial charge in [-0.15, -0.1) is 0 Å². The minimum atomic E-state index is -0.592. The minimum Gasteiger partial charge on any atom is -0.489 e. The number of carbonyl (C=O) groups excluding carboxylic acids is 1. The lowest BCUT2D eigenvalue weighted by Crippen LogP contribution is -2.41. The number of aromatic nitrogens is 1. The number of H-pyrrole nitrogens is 1. The molecule has 152 valence electrons. The Labute approximate surface area is 167 Å². The lowest BCUT2D eigenvalue weighted by atomic mass is 9.95. The molecule has 2 heterocycles. The van der Waals surface area contributed by atoms with E-state index in [0.29, 0.717) is 30.7 Å². The topological polar surface area (TPSA) is 80.1 Å². The summed E-state index contributed by atoms with van der Waals surface area (Å²) in [5.41, 5.74) is 8.22. The van der Waals surface area contributed by atoms with Crippen LogP contribution in [-0.2, 0) is 6.42 Å². The van der Waals surface area contributed by atoms with Crippen LogP contribution in [0.15, 0.2) is 36.5 Å². The molecule has 0 saturated carbocycles. The number of hydrogen-bond acceptors (Lipinski definition) is 3. The molecule has 0 fully saturated rings. The van der Waals surface area contributed by atoms with Gasteiger partial charge in [-0.1, -0.05) is 6.92 Å². The van der Waals surface area contributed by atoms with Crippen molar-refractivity contribution >= 4 is 16.8 Å². The second-order valence-corrected chi connectivity index (χ2v) is 7.56. The predicted molar refractivity (Wildman–Crippen MR) is 107 cm³/mol. The van der Waals surface area contributed by atoms with Gasteiger partial charge in [-0.05, 0) is 61.2 Å². The Morgan fingerprint density at radius 1 is 1.34 bits per heavy atom. The summed E-state index contributed by atoms with van der Waals surface area (Å²) in [5.74, 6) is -0.990. The van der Waals surface area contributed by atoms with Gasteiger partial charge >= 0.3 is 0 Å². The van der Waals surface area contributed by atoms with Gasteiger partial charge < -0.3 is 20.8 Å². The number of rotatable bonds is 6. The zero-order valence-corrected chi connectivity index (χ0v) is 16.1. The fourth-order valence-corrected chi connectivity index (χ4v) is 3.99. The molecule has 5 nitrogen and oxygen atoms in total. The van der Waals surface area contributed by atoms with Gasteiger partial charge in [0.25, 0.3) is 0 Å². The van der Waals surface area contributed by atoms with E-state index in [1.54, 1.807) is 12.1 Å². The molecule has 7 heteroatoms. The summed E-state index contributed by atoms with van der Waals surface area (Å²) >= 11 is 0. The van der Waals surface area contributed by atoms with Crippen LogP contribution in [0, 0.1) is 11.6 Å². The largest absolute Gasteiger partial charge is 0.489 e.